The molecule has 2 saturated heterocycles. The maximum Gasteiger partial charge on any atom is 0.224 e. The Morgan fingerprint density at radius 3 is 2.75 bits per heavy atom. The molecule has 2 atom stereocenters. The molecular formula is C17H25N3O3S. The minimum absolute atomic E-state index is 0.00523. The van der Waals surface area contributed by atoms with Gasteiger partial charge in [0, 0.05) is 25.7 Å². The average molecular weight is 351 g/mol. The highest BCUT2D eigenvalue weighted by Gasteiger charge is 2.33. The van der Waals surface area contributed by atoms with Gasteiger partial charge in [0.05, 0.1) is 11.7 Å². The van der Waals surface area contributed by atoms with Crippen LogP contribution in [0.5, 0.6) is 0 Å². The fraction of sp³-hybridized carbons (Fsp3) is 0.588. The van der Waals surface area contributed by atoms with Crippen molar-refractivity contribution in [1.82, 2.24) is 14.9 Å². The molecule has 0 spiro atoms. The summed E-state index contributed by atoms with van der Waals surface area (Å²) in [5.74, 6) is -0.262. The van der Waals surface area contributed by atoms with Crippen LogP contribution in [0, 0.1) is 5.92 Å². The van der Waals surface area contributed by atoms with Crippen LogP contribution in [0.2, 0.25) is 0 Å². The number of hydrogen-bond acceptors (Lipinski definition) is 4. The second-order valence-electron chi connectivity index (χ2n) is 6.64. The van der Waals surface area contributed by atoms with Crippen molar-refractivity contribution < 1.29 is 13.2 Å². The molecule has 0 aliphatic carbocycles. The van der Waals surface area contributed by atoms with Gasteiger partial charge in [-0.05, 0) is 31.4 Å². The van der Waals surface area contributed by atoms with Crippen LogP contribution in [0.4, 0.5) is 0 Å². The van der Waals surface area contributed by atoms with E-state index in [0.717, 1.165) is 37.9 Å². The maximum absolute atomic E-state index is 12.7. The number of hydrogen-bond donors (Lipinski definition) is 2. The zero-order valence-corrected chi connectivity index (χ0v) is 14.6. The molecule has 1 amide bonds. The first-order chi connectivity index (χ1) is 11.5. The Labute approximate surface area is 143 Å². The zero-order chi connectivity index (χ0) is 17.0. The maximum atomic E-state index is 12.7. The monoisotopic (exact) mass is 351 g/mol. The summed E-state index contributed by atoms with van der Waals surface area (Å²) in [6.45, 7) is 2.52. The molecule has 0 aromatic heterocycles. The Morgan fingerprint density at radius 2 is 2.04 bits per heavy atom. The highest BCUT2D eigenvalue weighted by molar-refractivity contribution is 7.88. The van der Waals surface area contributed by atoms with Gasteiger partial charge in [0.1, 0.15) is 0 Å². The molecule has 6 nitrogen and oxygen atoms in total. The van der Waals surface area contributed by atoms with Gasteiger partial charge in [0.15, 0.2) is 0 Å². The highest BCUT2D eigenvalue weighted by atomic mass is 32.2. The summed E-state index contributed by atoms with van der Waals surface area (Å²) in [7, 11) is -3.39. The number of benzene rings is 1. The predicted octanol–water partition coefficient (Wildman–Crippen LogP) is 0.707. The quantitative estimate of drug-likeness (QED) is 0.819. The van der Waals surface area contributed by atoms with Crippen molar-refractivity contribution in [3.63, 3.8) is 0 Å². The van der Waals surface area contributed by atoms with Crippen LogP contribution >= 0.6 is 0 Å². The number of nitrogens with one attached hydrogen (secondary N) is 2. The third-order valence-corrected chi connectivity index (χ3v) is 6.56. The molecule has 0 saturated carbocycles. The Balaban J connectivity index is 1.60. The van der Waals surface area contributed by atoms with Gasteiger partial charge in [0.25, 0.3) is 0 Å². The Bertz CT molecular complexity index is 657. The van der Waals surface area contributed by atoms with E-state index in [0.29, 0.717) is 13.1 Å². The largest absolute Gasteiger partial charge is 0.352 e. The van der Waals surface area contributed by atoms with Crippen molar-refractivity contribution in [2.24, 2.45) is 5.92 Å². The van der Waals surface area contributed by atoms with E-state index in [1.807, 2.05) is 30.3 Å². The number of piperidine rings is 1. The molecule has 2 N–H and O–H groups in total. The van der Waals surface area contributed by atoms with E-state index in [4.69, 9.17) is 0 Å². The van der Waals surface area contributed by atoms with E-state index in [1.165, 1.54) is 4.31 Å². The van der Waals surface area contributed by atoms with Gasteiger partial charge in [-0.15, -0.1) is 0 Å². The van der Waals surface area contributed by atoms with E-state index in [9.17, 15) is 13.2 Å². The summed E-state index contributed by atoms with van der Waals surface area (Å²) in [6, 6.07) is 9.36. The van der Waals surface area contributed by atoms with Crippen molar-refractivity contribution in [3.05, 3.63) is 35.9 Å². The Hall–Kier alpha value is -1.44. The fourth-order valence-electron chi connectivity index (χ4n) is 3.38. The lowest BCUT2D eigenvalue weighted by molar-refractivity contribution is -0.126. The van der Waals surface area contributed by atoms with Crippen LogP contribution < -0.4 is 10.6 Å². The van der Waals surface area contributed by atoms with Crippen molar-refractivity contribution >= 4 is 15.9 Å². The molecule has 3 rings (SSSR count). The molecule has 24 heavy (non-hydrogen) atoms. The lowest BCUT2D eigenvalue weighted by atomic mass is 9.98. The molecule has 0 radical (unpaired) electrons. The van der Waals surface area contributed by atoms with Gasteiger partial charge < -0.3 is 10.6 Å². The second kappa shape index (κ2) is 7.63. The molecule has 1 aromatic carbocycles. The molecular weight excluding hydrogens is 326 g/mol. The third kappa shape index (κ3) is 4.34. The summed E-state index contributed by atoms with van der Waals surface area (Å²) in [5.41, 5.74) is 0.779. The summed E-state index contributed by atoms with van der Waals surface area (Å²) >= 11 is 0. The normalized spacial score (nSPS) is 25.5. The number of amides is 1. The van der Waals surface area contributed by atoms with Gasteiger partial charge in [0.2, 0.25) is 15.9 Å². The van der Waals surface area contributed by atoms with Gasteiger partial charge >= 0.3 is 0 Å². The topological polar surface area (TPSA) is 78.5 Å². The van der Waals surface area contributed by atoms with E-state index in [-0.39, 0.29) is 23.6 Å². The Morgan fingerprint density at radius 1 is 1.25 bits per heavy atom. The molecule has 0 bridgehead atoms. The van der Waals surface area contributed by atoms with Crippen LogP contribution in [0.15, 0.2) is 30.3 Å². The fourth-order valence-corrected chi connectivity index (χ4v) is 4.99. The van der Waals surface area contributed by atoms with Crippen molar-refractivity contribution in [3.8, 4) is 0 Å². The van der Waals surface area contributed by atoms with Crippen LogP contribution in [0.1, 0.15) is 24.8 Å². The summed E-state index contributed by atoms with van der Waals surface area (Å²) in [6.07, 6.45) is 2.42. The number of rotatable bonds is 5. The van der Waals surface area contributed by atoms with Crippen molar-refractivity contribution in [2.45, 2.75) is 31.1 Å². The average Bonchev–Trinajstić information content (AvgIpc) is 3.08. The standard InChI is InChI=1S/C17H25N3O3S/c21-17(19-16-8-9-18-11-16)15-7-4-10-20(12-15)24(22,23)13-14-5-2-1-3-6-14/h1-3,5-6,15-16,18H,4,7-13H2,(H,19,21). The number of carbonyl (C=O) groups is 1. The van der Waals surface area contributed by atoms with Crippen molar-refractivity contribution in [2.75, 3.05) is 26.2 Å². The van der Waals surface area contributed by atoms with E-state index >= 15 is 0 Å². The zero-order valence-electron chi connectivity index (χ0n) is 13.8. The number of sulfonamides is 1. The smallest absolute Gasteiger partial charge is 0.224 e. The van der Waals surface area contributed by atoms with Crippen LogP contribution in [0.3, 0.4) is 0 Å². The summed E-state index contributed by atoms with van der Waals surface area (Å²) < 4.78 is 26.8. The SMILES string of the molecule is O=C(NC1CCNC1)C1CCCN(S(=O)(=O)Cc2ccccc2)C1. The van der Waals surface area contributed by atoms with Gasteiger partial charge in [-0.3, -0.25) is 4.79 Å². The minimum atomic E-state index is -3.39. The molecule has 2 fully saturated rings. The van der Waals surface area contributed by atoms with Gasteiger partial charge in [-0.1, -0.05) is 30.3 Å². The van der Waals surface area contributed by atoms with Gasteiger partial charge in [-0.2, -0.15) is 0 Å². The van der Waals surface area contributed by atoms with Crippen LogP contribution in [0.25, 0.3) is 0 Å². The highest BCUT2D eigenvalue weighted by Crippen LogP contribution is 2.22. The lowest BCUT2D eigenvalue weighted by Gasteiger charge is -2.31. The predicted molar refractivity (Wildman–Crippen MR) is 92.8 cm³/mol. The molecule has 1 aromatic rings. The van der Waals surface area contributed by atoms with E-state index in [1.54, 1.807) is 0 Å². The van der Waals surface area contributed by atoms with E-state index < -0.39 is 10.0 Å². The number of carbonyl (C=O) groups excluding carboxylic acids is 1. The Kier molecular flexibility index (Phi) is 5.53. The van der Waals surface area contributed by atoms with Crippen LogP contribution in [-0.2, 0) is 20.6 Å². The molecule has 2 unspecified atom stereocenters. The lowest BCUT2D eigenvalue weighted by Crippen LogP contribution is -2.48. The van der Waals surface area contributed by atoms with Crippen LogP contribution in [-0.4, -0.2) is 50.9 Å². The first-order valence-electron chi connectivity index (χ1n) is 8.57. The molecule has 132 valence electrons. The number of nitrogens with zero attached hydrogens (tertiary/aromatic N) is 1. The van der Waals surface area contributed by atoms with Crippen molar-refractivity contribution in [1.29, 1.82) is 0 Å². The first-order valence-corrected chi connectivity index (χ1v) is 10.2. The van der Waals surface area contributed by atoms with Gasteiger partial charge in [-0.25, -0.2) is 12.7 Å². The summed E-state index contributed by atoms with van der Waals surface area (Å²) in [5, 5.41) is 6.27. The summed E-state index contributed by atoms with van der Waals surface area (Å²) in [4.78, 5) is 12.4. The molecule has 2 aliphatic rings. The molecule has 2 heterocycles. The first kappa shape index (κ1) is 17.4. The van der Waals surface area contributed by atoms with E-state index in [2.05, 4.69) is 10.6 Å². The molecule has 7 heteroatoms. The molecule has 2 aliphatic heterocycles. The second-order valence-corrected chi connectivity index (χ2v) is 8.61. The minimum Gasteiger partial charge on any atom is -0.352 e. The third-order valence-electron chi connectivity index (χ3n) is 4.75.